The predicted octanol–water partition coefficient (Wildman–Crippen LogP) is 4.12. The molecule has 2 atom stereocenters. The molecule has 1 aromatic rings. The molecule has 2 unspecified atom stereocenters. The molecule has 2 aliphatic rings. The van der Waals surface area contributed by atoms with E-state index in [0.717, 1.165) is 38.5 Å². The number of benzene rings is 1. The molecule has 0 aromatic heterocycles. The average Bonchev–Trinajstić information content (AvgIpc) is 3.12. The number of rotatable bonds is 9. The summed E-state index contributed by atoms with van der Waals surface area (Å²) in [7, 11) is 1.39. The van der Waals surface area contributed by atoms with Gasteiger partial charge in [-0.25, -0.2) is 4.79 Å². The van der Waals surface area contributed by atoms with Gasteiger partial charge >= 0.3 is 5.97 Å². The molecule has 29 heavy (non-hydrogen) atoms. The first-order valence-electron chi connectivity index (χ1n) is 11.2. The fraction of sp³-hybridized carbons (Fsp3) is 0.667. The summed E-state index contributed by atoms with van der Waals surface area (Å²) < 4.78 is 4.73. The third-order valence-corrected chi connectivity index (χ3v) is 6.69. The van der Waals surface area contributed by atoms with Crippen LogP contribution in [0.5, 0.6) is 0 Å². The van der Waals surface area contributed by atoms with Crippen molar-refractivity contribution in [2.75, 3.05) is 13.7 Å². The highest BCUT2D eigenvalue weighted by molar-refractivity contribution is 5.89. The molecule has 5 heteroatoms. The van der Waals surface area contributed by atoms with E-state index in [1.807, 2.05) is 17.0 Å². The lowest BCUT2D eigenvalue weighted by Crippen LogP contribution is -2.36. The monoisotopic (exact) mass is 401 g/mol. The van der Waals surface area contributed by atoms with E-state index in [4.69, 9.17) is 4.74 Å². The number of esters is 1. The summed E-state index contributed by atoms with van der Waals surface area (Å²) in [5.74, 6) is 0.355. The first kappa shape index (κ1) is 21.8. The van der Waals surface area contributed by atoms with Crippen molar-refractivity contribution in [3.63, 3.8) is 0 Å². The van der Waals surface area contributed by atoms with Gasteiger partial charge in [-0.3, -0.25) is 4.79 Å². The number of carbonyl (C=O) groups excluding carboxylic acids is 2. The Bertz CT molecular complexity index is 666. The minimum Gasteiger partial charge on any atom is -0.465 e. The molecule has 1 aliphatic heterocycles. The summed E-state index contributed by atoms with van der Waals surface area (Å²) in [6.45, 7) is 0.689. The summed E-state index contributed by atoms with van der Waals surface area (Å²) in [5.41, 5.74) is 1.77. The van der Waals surface area contributed by atoms with Crippen molar-refractivity contribution in [3.05, 3.63) is 35.4 Å². The van der Waals surface area contributed by atoms with E-state index < -0.39 is 0 Å². The van der Waals surface area contributed by atoms with Gasteiger partial charge in [-0.2, -0.15) is 0 Å². The highest BCUT2D eigenvalue weighted by atomic mass is 16.5. The summed E-state index contributed by atoms with van der Waals surface area (Å²) in [6.07, 6.45) is 11.0. The van der Waals surface area contributed by atoms with Crippen molar-refractivity contribution in [1.29, 1.82) is 0 Å². The number of aryl methyl sites for hydroxylation is 1. The quantitative estimate of drug-likeness (QED) is 0.632. The summed E-state index contributed by atoms with van der Waals surface area (Å²) in [4.78, 5) is 25.9. The molecule has 1 N–H and O–H groups in total. The van der Waals surface area contributed by atoms with Crippen molar-refractivity contribution in [3.8, 4) is 0 Å². The molecular formula is C24H35NO4. The second-order valence-corrected chi connectivity index (χ2v) is 8.61. The number of ether oxygens (including phenoxy) is 1. The molecule has 0 spiro atoms. The minimum absolute atomic E-state index is 0.244. The van der Waals surface area contributed by atoms with Crippen LogP contribution in [0, 0.1) is 5.92 Å². The Kier molecular flexibility index (Phi) is 8.10. The van der Waals surface area contributed by atoms with E-state index in [-0.39, 0.29) is 18.0 Å². The normalized spacial score (nSPS) is 21.4. The lowest BCUT2D eigenvalue weighted by Gasteiger charge is -2.30. The molecule has 0 bridgehead atoms. The molecule has 1 amide bonds. The molecule has 3 rings (SSSR count). The van der Waals surface area contributed by atoms with Crippen LogP contribution in [-0.2, 0) is 16.0 Å². The fourth-order valence-electron chi connectivity index (χ4n) is 4.89. The van der Waals surface area contributed by atoms with Crippen LogP contribution in [0.25, 0.3) is 0 Å². The fourth-order valence-corrected chi connectivity index (χ4v) is 4.89. The standard InChI is InChI=1S/C24H35NO4/c1-29-24(28)20-12-10-18(11-13-20)6-5-9-21-14-15-23(27)25(21)17-16-22(26)19-7-3-2-4-8-19/h10-13,19,21-22,26H,2-9,14-17H2,1H3. The van der Waals surface area contributed by atoms with E-state index in [0.29, 0.717) is 36.9 Å². The molecule has 2 fully saturated rings. The van der Waals surface area contributed by atoms with Gasteiger partial charge in [0.05, 0.1) is 18.8 Å². The number of hydrogen-bond donors (Lipinski definition) is 1. The highest BCUT2D eigenvalue weighted by Crippen LogP contribution is 2.29. The van der Waals surface area contributed by atoms with E-state index in [2.05, 4.69) is 0 Å². The van der Waals surface area contributed by atoms with Crippen LogP contribution in [0.1, 0.15) is 80.1 Å². The van der Waals surface area contributed by atoms with Gasteiger partial charge in [0.1, 0.15) is 0 Å². The van der Waals surface area contributed by atoms with Gasteiger partial charge in [-0.05, 0) is 68.6 Å². The van der Waals surface area contributed by atoms with Crippen LogP contribution < -0.4 is 0 Å². The van der Waals surface area contributed by atoms with Gasteiger partial charge in [-0.15, -0.1) is 0 Å². The zero-order valence-electron chi connectivity index (χ0n) is 17.6. The number of aliphatic hydroxyl groups is 1. The molecule has 1 heterocycles. The maximum absolute atomic E-state index is 12.3. The second-order valence-electron chi connectivity index (χ2n) is 8.61. The van der Waals surface area contributed by atoms with Gasteiger partial charge in [-0.1, -0.05) is 31.4 Å². The van der Waals surface area contributed by atoms with Crippen molar-refractivity contribution in [2.45, 2.75) is 82.8 Å². The number of nitrogens with zero attached hydrogens (tertiary/aromatic N) is 1. The molecule has 5 nitrogen and oxygen atoms in total. The Morgan fingerprint density at radius 2 is 1.90 bits per heavy atom. The van der Waals surface area contributed by atoms with Crippen molar-refractivity contribution in [1.82, 2.24) is 4.90 Å². The Hall–Kier alpha value is -1.88. The molecule has 1 aromatic carbocycles. The van der Waals surface area contributed by atoms with E-state index >= 15 is 0 Å². The van der Waals surface area contributed by atoms with Crippen molar-refractivity contribution in [2.24, 2.45) is 5.92 Å². The summed E-state index contributed by atoms with van der Waals surface area (Å²) in [6, 6.07) is 7.86. The van der Waals surface area contributed by atoms with Crippen LogP contribution in [0.3, 0.4) is 0 Å². The first-order valence-corrected chi connectivity index (χ1v) is 11.2. The maximum atomic E-state index is 12.3. The molecule has 1 saturated heterocycles. The molecule has 160 valence electrons. The molecule has 1 aliphatic carbocycles. The number of likely N-dealkylation sites (tertiary alicyclic amines) is 1. The molecular weight excluding hydrogens is 366 g/mol. The number of hydrogen-bond acceptors (Lipinski definition) is 4. The number of carbonyl (C=O) groups is 2. The van der Waals surface area contributed by atoms with Crippen LogP contribution in [0.2, 0.25) is 0 Å². The average molecular weight is 402 g/mol. The Labute approximate surface area is 174 Å². The largest absolute Gasteiger partial charge is 0.465 e. The topological polar surface area (TPSA) is 66.8 Å². The van der Waals surface area contributed by atoms with Crippen molar-refractivity contribution < 1.29 is 19.4 Å². The van der Waals surface area contributed by atoms with Crippen LogP contribution >= 0.6 is 0 Å². The maximum Gasteiger partial charge on any atom is 0.337 e. The minimum atomic E-state index is -0.313. The zero-order valence-corrected chi connectivity index (χ0v) is 17.6. The number of amides is 1. The van der Waals surface area contributed by atoms with Gasteiger partial charge in [0.25, 0.3) is 0 Å². The zero-order chi connectivity index (χ0) is 20.6. The van der Waals surface area contributed by atoms with Crippen molar-refractivity contribution >= 4 is 11.9 Å². The van der Waals surface area contributed by atoms with Crippen LogP contribution in [0.4, 0.5) is 0 Å². The van der Waals surface area contributed by atoms with Gasteiger partial charge in [0.2, 0.25) is 5.91 Å². The Balaban J connectivity index is 1.43. The molecule has 0 radical (unpaired) electrons. The van der Waals surface area contributed by atoms with E-state index in [1.54, 1.807) is 12.1 Å². The number of methoxy groups -OCH3 is 1. The van der Waals surface area contributed by atoms with Gasteiger partial charge < -0.3 is 14.7 Å². The third-order valence-electron chi connectivity index (χ3n) is 6.69. The summed E-state index contributed by atoms with van der Waals surface area (Å²) >= 11 is 0. The first-order chi connectivity index (χ1) is 14.1. The third kappa shape index (κ3) is 6.05. The predicted molar refractivity (Wildman–Crippen MR) is 113 cm³/mol. The lowest BCUT2D eigenvalue weighted by molar-refractivity contribution is -0.129. The smallest absolute Gasteiger partial charge is 0.337 e. The number of aliphatic hydroxyl groups excluding tert-OH is 1. The second kappa shape index (κ2) is 10.8. The summed E-state index contributed by atoms with van der Waals surface area (Å²) in [5, 5.41) is 10.5. The Morgan fingerprint density at radius 1 is 1.17 bits per heavy atom. The van der Waals surface area contributed by atoms with Gasteiger partial charge in [0, 0.05) is 19.0 Å². The highest BCUT2D eigenvalue weighted by Gasteiger charge is 2.31. The Morgan fingerprint density at radius 3 is 2.59 bits per heavy atom. The van der Waals surface area contributed by atoms with Gasteiger partial charge in [0.15, 0.2) is 0 Å². The molecule has 1 saturated carbocycles. The lowest BCUT2D eigenvalue weighted by atomic mass is 9.84. The van der Waals surface area contributed by atoms with Crippen LogP contribution in [-0.4, -0.2) is 47.7 Å². The van der Waals surface area contributed by atoms with Crippen LogP contribution in [0.15, 0.2) is 24.3 Å². The van der Waals surface area contributed by atoms with E-state index in [9.17, 15) is 14.7 Å². The van der Waals surface area contributed by atoms with E-state index in [1.165, 1.54) is 31.9 Å². The SMILES string of the molecule is COC(=O)c1ccc(CCCC2CCC(=O)N2CCC(O)C2CCCCC2)cc1.